The second kappa shape index (κ2) is 4.74. The normalized spacial score (nSPS) is 14.2. The molecule has 0 saturated heterocycles. The van der Waals surface area contributed by atoms with E-state index >= 15 is 0 Å². The van der Waals surface area contributed by atoms with E-state index in [9.17, 15) is 9.50 Å². The summed E-state index contributed by atoms with van der Waals surface area (Å²) in [6.45, 7) is 1.63. The molecule has 3 nitrogen and oxygen atoms in total. The Bertz CT molecular complexity index is 555. The highest BCUT2D eigenvalue weighted by Gasteiger charge is 2.25. The molecule has 0 aliphatic carbocycles. The summed E-state index contributed by atoms with van der Waals surface area (Å²) in [5.74, 6) is 0.0149. The summed E-state index contributed by atoms with van der Waals surface area (Å²) in [4.78, 5) is 3.97. The Morgan fingerprint density at radius 1 is 1.33 bits per heavy atom. The fraction of sp³-hybridized carbons (Fsp3) is 0.214. The Hall–Kier alpha value is -1.94. The van der Waals surface area contributed by atoms with Crippen molar-refractivity contribution in [3.8, 4) is 0 Å². The Morgan fingerprint density at radius 2 is 2.11 bits per heavy atom. The Balaban J connectivity index is 2.30. The molecular weight excluding hydrogens is 231 g/mol. The van der Waals surface area contributed by atoms with E-state index in [1.54, 1.807) is 37.4 Å². The van der Waals surface area contributed by atoms with Crippen molar-refractivity contribution in [3.05, 3.63) is 59.5 Å². The van der Waals surface area contributed by atoms with Crippen molar-refractivity contribution >= 4 is 5.82 Å². The first-order valence-corrected chi connectivity index (χ1v) is 5.67. The molecule has 1 atom stereocenters. The molecule has 4 heteroatoms. The van der Waals surface area contributed by atoms with Crippen molar-refractivity contribution in [2.24, 2.45) is 0 Å². The van der Waals surface area contributed by atoms with E-state index < -0.39 is 5.60 Å². The summed E-state index contributed by atoms with van der Waals surface area (Å²) in [6, 6.07) is 9.50. The van der Waals surface area contributed by atoms with Crippen LogP contribution in [-0.2, 0) is 12.0 Å². The van der Waals surface area contributed by atoms with E-state index in [0.29, 0.717) is 11.4 Å². The van der Waals surface area contributed by atoms with E-state index in [2.05, 4.69) is 4.98 Å². The molecule has 0 bridgehead atoms. The summed E-state index contributed by atoms with van der Waals surface area (Å²) >= 11 is 0. The molecular formula is C14H15FN2O. The predicted molar refractivity (Wildman–Crippen MR) is 68.3 cm³/mol. The minimum absolute atomic E-state index is 0.288. The number of aromatic nitrogens is 1. The van der Waals surface area contributed by atoms with Gasteiger partial charge in [0.2, 0.25) is 0 Å². The Kier molecular flexibility index (Phi) is 3.30. The standard InChI is InChI=1S/C14H15FN2O/c1-14(18,11-5-2-6-12(15)8-11)9-10-4-3-7-17-13(10)16/h2-8,18H,9H2,1H3,(H2,16,17). The summed E-state index contributed by atoms with van der Waals surface area (Å²) < 4.78 is 13.2. The lowest BCUT2D eigenvalue weighted by atomic mass is 9.89. The number of pyridine rings is 1. The van der Waals surface area contributed by atoms with Crippen molar-refractivity contribution in [2.75, 3.05) is 5.73 Å². The van der Waals surface area contributed by atoms with Gasteiger partial charge in [0.25, 0.3) is 0 Å². The third-order valence-corrected chi connectivity index (χ3v) is 2.91. The summed E-state index contributed by atoms with van der Waals surface area (Å²) in [6.07, 6.45) is 1.88. The van der Waals surface area contributed by atoms with Gasteiger partial charge in [-0.05, 0) is 36.2 Å². The lowest BCUT2D eigenvalue weighted by Crippen LogP contribution is -2.25. The topological polar surface area (TPSA) is 59.1 Å². The van der Waals surface area contributed by atoms with Crippen LogP contribution in [0.1, 0.15) is 18.1 Å². The summed E-state index contributed by atoms with van der Waals surface area (Å²) in [5, 5.41) is 10.4. The van der Waals surface area contributed by atoms with E-state index in [-0.39, 0.29) is 12.2 Å². The van der Waals surface area contributed by atoms with Crippen LogP contribution in [0, 0.1) is 5.82 Å². The number of nitrogen functional groups attached to an aromatic ring is 1. The second-order valence-electron chi connectivity index (χ2n) is 4.51. The third-order valence-electron chi connectivity index (χ3n) is 2.91. The zero-order chi connectivity index (χ0) is 13.2. The zero-order valence-electron chi connectivity index (χ0n) is 10.1. The number of nitrogens with two attached hydrogens (primary N) is 1. The maximum atomic E-state index is 13.2. The van der Waals surface area contributed by atoms with Crippen molar-refractivity contribution < 1.29 is 9.50 Å². The average molecular weight is 246 g/mol. The molecule has 2 aromatic rings. The van der Waals surface area contributed by atoms with Crippen molar-refractivity contribution in [1.82, 2.24) is 4.98 Å². The first kappa shape index (κ1) is 12.5. The zero-order valence-corrected chi connectivity index (χ0v) is 10.1. The second-order valence-corrected chi connectivity index (χ2v) is 4.51. The number of benzene rings is 1. The average Bonchev–Trinajstić information content (AvgIpc) is 2.32. The number of nitrogens with zero attached hydrogens (tertiary/aromatic N) is 1. The minimum Gasteiger partial charge on any atom is -0.385 e. The Labute approximate surface area is 105 Å². The first-order valence-electron chi connectivity index (χ1n) is 5.67. The monoisotopic (exact) mass is 246 g/mol. The van der Waals surface area contributed by atoms with Crippen LogP contribution in [0.4, 0.5) is 10.2 Å². The fourth-order valence-electron chi connectivity index (χ4n) is 1.90. The first-order chi connectivity index (χ1) is 8.49. The third kappa shape index (κ3) is 2.65. The van der Waals surface area contributed by atoms with Crippen LogP contribution in [0.2, 0.25) is 0 Å². The van der Waals surface area contributed by atoms with Gasteiger partial charge in [0.1, 0.15) is 11.6 Å². The van der Waals surface area contributed by atoms with Crippen molar-refractivity contribution in [1.29, 1.82) is 0 Å². The highest BCUT2D eigenvalue weighted by Crippen LogP contribution is 2.27. The van der Waals surface area contributed by atoms with Gasteiger partial charge in [0, 0.05) is 12.6 Å². The van der Waals surface area contributed by atoms with Gasteiger partial charge in [-0.1, -0.05) is 18.2 Å². The number of hydrogen-bond acceptors (Lipinski definition) is 3. The molecule has 1 heterocycles. The van der Waals surface area contributed by atoms with Crippen LogP contribution in [0.25, 0.3) is 0 Å². The van der Waals surface area contributed by atoms with Gasteiger partial charge in [0.15, 0.2) is 0 Å². The maximum absolute atomic E-state index is 13.2. The van der Waals surface area contributed by atoms with Gasteiger partial charge < -0.3 is 10.8 Å². The smallest absolute Gasteiger partial charge is 0.126 e. The molecule has 1 aromatic heterocycles. The number of halogens is 1. The van der Waals surface area contributed by atoms with Crippen LogP contribution in [0.3, 0.4) is 0 Å². The quantitative estimate of drug-likeness (QED) is 0.873. The molecule has 0 aliphatic rings. The maximum Gasteiger partial charge on any atom is 0.126 e. The fourth-order valence-corrected chi connectivity index (χ4v) is 1.90. The molecule has 1 aromatic carbocycles. The Morgan fingerprint density at radius 3 is 2.78 bits per heavy atom. The van der Waals surface area contributed by atoms with E-state index in [0.717, 1.165) is 5.56 Å². The lowest BCUT2D eigenvalue weighted by Gasteiger charge is -2.24. The SMILES string of the molecule is CC(O)(Cc1cccnc1N)c1cccc(F)c1. The summed E-state index contributed by atoms with van der Waals surface area (Å²) in [7, 11) is 0. The lowest BCUT2D eigenvalue weighted by molar-refractivity contribution is 0.0574. The summed E-state index contributed by atoms with van der Waals surface area (Å²) in [5.41, 5.74) is 5.82. The highest BCUT2D eigenvalue weighted by molar-refractivity contribution is 5.40. The van der Waals surface area contributed by atoms with Gasteiger partial charge in [0.05, 0.1) is 5.60 Å². The van der Waals surface area contributed by atoms with Crippen LogP contribution >= 0.6 is 0 Å². The largest absolute Gasteiger partial charge is 0.385 e. The van der Waals surface area contributed by atoms with Gasteiger partial charge >= 0.3 is 0 Å². The van der Waals surface area contributed by atoms with Crippen LogP contribution in [0.5, 0.6) is 0 Å². The predicted octanol–water partition coefficient (Wildman–Crippen LogP) is 2.25. The number of anilines is 1. The van der Waals surface area contributed by atoms with Crippen LogP contribution in [-0.4, -0.2) is 10.1 Å². The van der Waals surface area contributed by atoms with Gasteiger partial charge in [-0.25, -0.2) is 9.37 Å². The molecule has 3 N–H and O–H groups in total. The van der Waals surface area contributed by atoms with Crippen molar-refractivity contribution in [2.45, 2.75) is 18.9 Å². The molecule has 0 amide bonds. The molecule has 0 aliphatic heterocycles. The van der Waals surface area contributed by atoms with Crippen LogP contribution < -0.4 is 5.73 Å². The molecule has 0 fully saturated rings. The van der Waals surface area contributed by atoms with Crippen molar-refractivity contribution in [3.63, 3.8) is 0 Å². The number of rotatable bonds is 3. The minimum atomic E-state index is -1.18. The van der Waals surface area contributed by atoms with Gasteiger partial charge in [-0.15, -0.1) is 0 Å². The molecule has 0 radical (unpaired) electrons. The van der Waals surface area contributed by atoms with E-state index in [1.165, 1.54) is 12.1 Å². The molecule has 1 unspecified atom stereocenters. The molecule has 2 rings (SSSR count). The van der Waals surface area contributed by atoms with E-state index in [1.807, 2.05) is 0 Å². The molecule has 18 heavy (non-hydrogen) atoms. The highest BCUT2D eigenvalue weighted by atomic mass is 19.1. The number of aliphatic hydroxyl groups is 1. The van der Waals surface area contributed by atoms with E-state index in [4.69, 9.17) is 5.73 Å². The number of hydrogen-bond donors (Lipinski definition) is 2. The van der Waals surface area contributed by atoms with Gasteiger partial charge in [-0.2, -0.15) is 0 Å². The molecule has 94 valence electrons. The van der Waals surface area contributed by atoms with Gasteiger partial charge in [-0.3, -0.25) is 0 Å². The van der Waals surface area contributed by atoms with Crippen LogP contribution in [0.15, 0.2) is 42.6 Å². The molecule has 0 spiro atoms. The molecule has 0 saturated carbocycles.